The van der Waals surface area contributed by atoms with Gasteiger partial charge in [0, 0.05) is 52.2 Å². The Bertz CT molecular complexity index is 691. The molecule has 0 aromatic rings. The zero-order chi connectivity index (χ0) is 33.6. The summed E-state index contributed by atoms with van der Waals surface area (Å²) in [5.74, 6) is 0.434. The van der Waals surface area contributed by atoms with Crippen molar-refractivity contribution in [1.29, 1.82) is 0 Å². The predicted molar refractivity (Wildman–Crippen MR) is 198 cm³/mol. The molecule has 46 heavy (non-hydrogen) atoms. The molecular formula is C39H80N4O3. The van der Waals surface area contributed by atoms with E-state index >= 15 is 0 Å². The normalized spacial score (nSPS) is 18.0. The second-order valence-corrected chi connectivity index (χ2v) is 13.8. The standard InChI is InChI=1S/C17H32N2O2.C17H36N2.C4H8O.CH4/c1-5-18(6-2)15(20)13-17(11-9-10-12-17)14-16(21)19(7-3)8-4;1-5-18(6-2)15-13-17(11-9-10-12-17)14-16-19(7-3)8-4;1-2-4-5-3-1;/h5-14H2,1-4H3;5-16H2,1-4H3;1-4H2;1H4. The van der Waals surface area contributed by atoms with Gasteiger partial charge in [0.25, 0.3) is 0 Å². The highest BCUT2D eigenvalue weighted by Gasteiger charge is 2.39. The Kier molecular flexibility index (Phi) is 25.1. The van der Waals surface area contributed by atoms with Gasteiger partial charge in [0.1, 0.15) is 0 Å². The summed E-state index contributed by atoms with van der Waals surface area (Å²) in [7, 11) is 0. The average molecular weight is 653 g/mol. The third kappa shape index (κ3) is 16.3. The van der Waals surface area contributed by atoms with Crippen molar-refractivity contribution in [2.24, 2.45) is 10.8 Å². The van der Waals surface area contributed by atoms with Crippen LogP contribution in [0.2, 0.25) is 0 Å². The summed E-state index contributed by atoms with van der Waals surface area (Å²) in [5, 5.41) is 0. The fourth-order valence-corrected chi connectivity index (χ4v) is 7.69. The van der Waals surface area contributed by atoms with E-state index in [4.69, 9.17) is 4.74 Å². The second kappa shape index (κ2) is 25.8. The maximum absolute atomic E-state index is 12.5. The summed E-state index contributed by atoms with van der Waals surface area (Å²) < 4.78 is 4.94. The monoisotopic (exact) mass is 653 g/mol. The molecule has 7 heteroatoms. The molecule has 1 saturated heterocycles. The van der Waals surface area contributed by atoms with Crippen LogP contribution in [0.1, 0.15) is 153 Å². The Balaban J connectivity index is 0.000000750. The molecule has 3 rings (SSSR count). The quantitative estimate of drug-likeness (QED) is 0.149. The summed E-state index contributed by atoms with van der Waals surface area (Å²) in [6.07, 6.45) is 16.7. The topological polar surface area (TPSA) is 56.3 Å². The summed E-state index contributed by atoms with van der Waals surface area (Å²) in [6.45, 7) is 29.7. The Labute approximate surface area is 287 Å². The zero-order valence-electron chi connectivity index (χ0n) is 31.4. The average Bonchev–Trinajstić information content (AvgIpc) is 3.85. The highest BCUT2D eigenvalue weighted by Crippen LogP contribution is 2.45. The fraction of sp³-hybridized carbons (Fsp3) is 0.949. The molecule has 0 bridgehead atoms. The number of ether oxygens (including phenoxy) is 1. The number of hydrogen-bond acceptors (Lipinski definition) is 5. The maximum atomic E-state index is 12.5. The number of rotatable bonds is 18. The Morgan fingerprint density at radius 2 is 0.826 bits per heavy atom. The lowest BCUT2D eigenvalue weighted by Gasteiger charge is -2.33. The second-order valence-electron chi connectivity index (χ2n) is 13.8. The molecule has 0 atom stereocenters. The zero-order valence-corrected chi connectivity index (χ0v) is 31.4. The fourth-order valence-electron chi connectivity index (χ4n) is 7.69. The van der Waals surface area contributed by atoms with Gasteiger partial charge >= 0.3 is 0 Å². The minimum Gasteiger partial charge on any atom is -0.381 e. The largest absolute Gasteiger partial charge is 0.381 e. The Morgan fingerprint density at radius 1 is 0.500 bits per heavy atom. The number of amides is 2. The molecule has 1 aliphatic heterocycles. The molecule has 3 fully saturated rings. The maximum Gasteiger partial charge on any atom is 0.223 e. The van der Waals surface area contributed by atoms with E-state index in [1.807, 2.05) is 37.5 Å². The minimum atomic E-state index is -0.0840. The molecule has 2 saturated carbocycles. The summed E-state index contributed by atoms with van der Waals surface area (Å²) in [5.41, 5.74) is 0.588. The molecule has 0 unspecified atom stereocenters. The van der Waals surface area contributed by atoms with Crippen LogP contribution >= 0.6 is 0 Å². The van der Waals surface area contributed by atoms with E-state index in [9.17, 15) is 9.59 Å². The van der Waals surface area contributed by atoms with E-state index in [-0.39, 0.29) is 24.7 Å². The van der Waals surface area contributed by atoms with E-state index in [0.29, 0.717) is 18.3 Å². The molecule has 7 nitrogen and oxygen atoms in total. The van der Waals surface area contributed by atoms with Crippen LogP contribution in [0.3, 0.4) is 0 Å². The molecule has 274 valence electrons. The Morgan fingerprint density at radius 3 is 1.09 bits per heavy atom. The van der Waals surface area contributed by atoms with Crippen LogP contribution in [0, 0.1) is 10.8 Å². The van der Waals surface area contributed by atoms with Crippen LogP contribution in [0.25, 0.3) is 0 Å². The lowest BCUT2D eigenvalue weighted by Crippen LogP contribution is -2.39. The van der Waals surface area contributed by atoms with Crippen molar-refractivity contribution in [3.8, 4) is 0 Å². The van der Waals surface area contributed by atoms with Gasteiger partial charge in [-0.2, -0.15) is 0 Å². The van der Waals surface area contributed by atoms with E-state index in [1.54, 1.807) is 0 Å². The van der Waals surface area contributed by atoms with Crippen molar-refractivity contribution in [3.63, 3.8) is 0 Å². The molecule has 0 aromatic carbocycles. The molecule has 3 aliphatic rings. The number of nitrogens with zero attached hydrogens (tertiary/aromatic N) is 4. The minimum absolute atomic E-state index is 0. The van der Waals surface area contributed by atoms with Crippen molar-refractivity contribution in [2.75, 3.05) is 78.7 Å². The van der Waals surface area contributed by atoms with Gasteiger partial charge in [-0.25, -0.2) is 0 Å². The first-order chi connectivity index (χ1) is 21.7. The van der Waals surface area contributed by atoms with Crippen molar-refractivity contribution >= 4 is 11.8 Å². The summed E-state index contributed by atoms with van der Waals surface area (Å²) in [4.78, 5) is 33.9. The van der Waals surface area contributed by atoms with Gasteiger partial charge in [-0.15, -0.1) is 0 Å². The van der Waals surface area contributed by atoms with Crippen molar-refractivity contribution in [2.45, 2.75) is 153 Å². The van der Waals surface area contributed by atoms with Crippen LogP contribution in [0.4, 0.5) is 0 Å². The lowest BCUT2D eigenvalue weighted by atomic mass is 9.78. The first-order valence-electron chi connectivity index (χ1n) is 19.3. The van der Waals surface area contributed by atoms with Crippen LogP contribution in [-0.4, -0.2) is 110 Å². The Hall–Kier alpha value is -1.18. The molecule has 0 aromatic heterocycles. The molecule has 0 spiro atoms. The van der Waals surface area contributed by atoms with E-state index < -0.39 is 0 Å². The smallest absolute Gasteiger partial charge is 0.223 e. The first-order valence-corrected chi connectivity index (χ1v) is 19.3. The highest BCUT2D eigenvalue weighted by atomic mass is 16.5. The van der Waals surface area contributed by atoms with Crippen LogP contribution < -0.4 is 0 Å². The first kappa shape index (κ1) is 44.8. The summed E-state index contributed by atoms with van der Waals surface area (Å²) in [6, 6.07) is 0. The highest BCUT2D eigenvalue weighted by molar-refractivity contribution is 5.80. The third-order valence-electron chi connectivity index (χ3n) is 11.1. The lowest BCUT2D eigenvalue weighted by molar-refractivity contribution is -0.137. The molecule has 1 heterocycles. The summed E-state index contributed by atoms with van der Waals surface area (Å²) >= 11 is 0. The predicted octanol–water partition coefficient (Wildman–Crippen LogP) is 8.51. The number of carbonyl (C=O) groups is 2. The van der Waals surface area contributed by atoms with Gasteiger partial charge in [-0.05, 0) is 129 Å². The third-order valence-corrected chi connectivity index (χ3v) is 11.1. The van der Waals surface area contributed by atoms with Crippen LogP contribution in [0.15, 0.2) is 0 Å². The SMILES string of the molecule is C.C1CCOC1.CCN(CC)C(=O)CC1(CC(=O)N(CC)CC)CCCC1.CCN(CC)CCC1(CCN(CC)CC)CCCC1. The molecule has 0 N–H and O–H groups in total. The van der Waals surface area contributed by atoms with Crippen LogP contribution in [0.5, 0.6) is 0 Å². The molecular weight excluding hydrogens is 572 g/mol. The molecule has 0 radical (unpaired) electrons. The van der Waals surface area contributed by atoms with Gasteiger partial charge in [0.2, 0.25) is 11.8 Å². The van der Waals surface area contributed by atoms with Gasteiger partial charge in [0.05, 0.1) is 0 Å². The van der Waals surface area contributed by atoms with Crippen molar-refractivity contribution in [1.82, 2.24) is 19.6 Å². The van der Waals surface area contributed by atoms with E-state index in [2.05, 4.69) is 37.5 Å². The molecule has 2 amide bonds. The van der Waals surface area contributed by atoms with E-state index in [1.165, 1.54) is 90.6 Å². The number of hydrogen-bond donors (Lipinski definition) is 0. The molecule has 2 aliphatic carbocycles. The van der Waals surface area contributed by atoms with Gasteiger partial charge in [0.15, 0.2) is 0 Å². The van der Waals surface area contributed by atoms with Crippen LogP contribution in [-0.2, 0) is 14.3 Å². The van der Waals surface area contributed by atoms with Gasteiger partial charge in [-0.3, -0.25) is 9.59 Å². The van der Waals surface area contributed by atoms with Gasteiger partial charge < -0.3 is 24.3 Å². The van der Waals surface area contributed by atoms with Gasteiger partial charge in [-0.1, -0.05) is 60.8 Å². The van der Waals surface area contributed by atoms with Crippen molar-refractivity contribution in [3.05, 3.63) is 0 Å². The number of carbonyl (C=O) groups excluding carboxylic acids is 2. The van der Waals surface area contributed by atoms with Crippen molar-refractivity contribution < 1.29 is 14.3 Å². The van der Waals surface area contributed by atoms with E-state index in [0.717, 1.165) is 65.1 Å².